The van der Waals surface area contributed by atoms with E-state index in [1.165, 1.54) is 96.3 Å². The van der Waals surface area contributed by atoms with Crippen molar-refractivity contribution >= 4 is 11.9 Å². The molecule has 7 N–H and O–H groups in total. The molecule has 15 heteroatoms. The highest BCUT2D eigenvalue weighted by Gasteiger charge is 2.47. The van der Waals surface area contributed by atoms with Crippen LogP contribution < -0.4 is 0 Å². The van der Waals surface area contributed by atoms with Crippen LogP contribution in [0.15, 0.2) is 48.6 Å². The summed E-state index contributed by atoms with van der Waals surface area (Å²) in [6.45, 7) is 2.55. The van der Waals surface area contributed by atoms with Crippen molar-refractivity contribution in [3.05, 3.63) is 48.6 Å². The molecule has 0 aromatic heterocycles. The van der Waals surface area contributed by atoms with Crippen LogP contribution in [0.4, 0.5) is 0 Å². The summed E-state index contributed by atoms with van der Waals surface area (Å²) in [5.74, 6) is -0.956. The highest BCUT2D eigenvalue weighted by Crippen LogP contribution is 2.26. The average Bonchev–Trinajstić information content (AvgIpc) is 3.36. The van der Waals surface area contributed by atoms with Crippen molar-refractivity contribution in [1.82, 2.24) is 0 Å². The lowest BCUT2D eigenvalue weighted by molar-refractivity contribution is -0.332. The van der Waals surface area contributed by atoms with E-state index in [2.05, 4.69) is 62.5 Å². The molecule has 2 rings (SSSR count). The first-order valence-electron chi connectivity index (χ1n) is 27.7. The fraction of sp³-hybridized carbons (Fsp3) is 0.821. The molecule has 0 amide bonds. The number of allylic oxidation sites excluding steroid dienone is 8. The molecule has 2 heterocycles. The smallest absolute Gasteiger partial charge is 0.306 e. The Balaban J connectivity index is 1.79. The Kier molecular flexibility index (Phi) is 38.9. The van der Waals surface area contributed by atoms with Gasteiger partial charge in [-0.3, -0.25) is 9.59 Å². The largest absolute Gasteiger partial charge is 0.462 e. The van der Waals surface area contributed by atoms with Gasteiger partial charge in [-0.1, -0.05) is 178 Å². The van der Waals surface area contributed by atoms with Gasteiger partial charge in [-0.15, -0.1) is 0 Å². The van der Waals surface area contributed by atoms with Crippen molar-refractivity contribution in [3.63, 3.8) is 0 Å². The maximum absolute atomic E-state index is 13.0. The number of rotatable bonds is 43. The molecule has 0 saturated carbocycles. The van der Waals surface area contributed by atoms with Crippen molar-refractivity contribution in [3.8, 4) is 0 Å². The Morgan fingerprint density at radius 1 is 0.451 bits per heavy atom. The molecule has 0 radical (unpaired) electrons. The minimum atomic E-state index is -1.77. The molecule has 71 heavy (non-hydrogen) atoms. The van der Waals surface area contributed by atoms with Crippen LogP contribution >= 0.6 is 0 Å². The third-order valence-corrected chi connectivity index (χ3v) is 13.1. The van der Waals surface area contributed by atoms with Crippen LogP contribution in [0.2, 0.25) is 0 Å². The van der Waals surface area contributed by atoms with Gasteiger partial charge in [0.05, 0.1) is 19.8 Å². The number of aliphatic hydroxyl groups excluding tert-OH is 7. The third kappa shape index (κ3) is 30.4. The number of aliphatic hydroxyl groups is 7. The summed E-state index contributed by atoms with van der Waals surface area (Å²) in [7, 11) is 0. The summed E-state index contributed by atoms with van der Waals surface area (Å²) in [5, 5.41) is 72.2. The summed E-state index contributed by atoms with van der Waals surface area (Å²) in [5.41, 5.74) is 0. The van der Waals surface area contributed by atoms with Gasteiger partial charge in [0.15, 0.2) is 18.7 Å². The maximum Gasteiger partial charge on any atom is 0.306 e. The Morgan fingerprint density at radius 2 is 0.845 bits per heavy atom. The second-order valence-electron chi connectivity index (χ2n) is 19.4. The third-order valence-electron chi connectivity index (χ3n) is 13.1. The minimum absolute atomic E-state index is 0.160. The molecule has 15 nitrogen and oxygen atoms in total. The molecule has 0 aliphatic carbocycles. The summed E-state index contributed by atoms with van der Waals surface area (Å²) in [6, 6.07) is 0. The highest BCUT2D eigenvalue weighted by atomic mass is 16.7. The SMILES string of the molecule is CCCCC/C=C/C/C=C/C/C=C/C/C=C/CCCCCC(=O)OC[C@@H](CO[C@@H]1O[C@H](CO[C@@H]2O[C@H](CO)[C@H](O)C(O)C2O)[C@H](O)C(O)C1O)OC(=O)CCCCCCCCCCCCCCCCCC. The predicted octanol–water partition coefficient (Wildman–Crippen LogP) is 8.66. The highest BCUT2D eigenvalue weighted by molar-refractivity contribution is 5.70. The lowest BCUT2D eigenvalue weighted by Crippen LogP contribution is -2.61. The van der Waals surface area contributed by atoms with Gasteiger partial charge in [0.1, 0.15) is 55.4 Å². The van der Waals surface area contributed by atoms with Crippen LogP contribution in [-0.2, 0) is 38.0 Å². The molecule has 11 atom stereocenters. The normalized spacial score (nSPS) is 25.5. The fourth-order valence-electron chi connectivity index (χ4n) is 8.49. The van der Waals surface area contributed by atoms with Crippen LogP contribution in [0.1, 0.15) is 200 Å². The number of unbranched alkanes of at least 4 members (excludes halogenated alkanes) is 21. The first-order chi connectivity index (χ1) is 34.5. The second kappa shape index (κ2) is 42.8. The Hall–Kier alpha value is -2.54. The van der Waals surface area contributed by atoms with Crippen molar-refractivity contribution in [2.45, 2.75) is 268 Å². The van der Waals surface area contributed by atoms with E-state index < -0.39 is 99.3 Å². The average molecular weight is 1010 g/mol. The van der Waals surface area contributed by atoms with Crippen LogP contribution in [0.5, 0.6) is 0 Å². The van der Waals surface area contributed by atoms with Crippen LogP contribution in [0.3, 0.4) is 0 Å². The molecule has 0 bridgehead atoms. The number of esters is 2. The molecule has 412 valence electrons. The van der Waals surface area contributed by atoms with E-state index >= 15 is 0 Å². The number of hydrogen-bond acceptors (Lipinski definition) is 15. The van der Waals surface area contributed by atoms with E-state index in [0.717, 1.165) is 64.2 Å². The molecule has 2 aliphatic heterocycles. The van der Waals surface area contributed by atoms with Crippen LogP contribution in [0.25, 0.3) is 0 Å². The van der Waals surface area contributed by atoms with E-state index in [4.69, 9.17) is 28.4 Å². The quantitative estimate of drug-likeness (QED) is 0.0172. The van der Waals surface area contributed by atoms with Gasteiger partial charge >= 0.3 is 11.9 Å². The van der Waals surface area contributed by atoms with Gasteiger partial charge in [0.25, 0.3) is 0 Å². The van der Waals surface area contributed by atoms with Gasteiger partial charge in [-0.2, -0.15) is 0 Å². The number of carbonyl (C=O) groups excluding carboxylic acids is 2. The zero-order chi connectivity index (χ0) is 51.7. The molecule has 0 aromatic carbocycles. The van der Waals surface area contributed by atoms with E-state index in [-0.39, 0.29) is 19.4 Å². The monoisotopic (exact) mass is 1010 g/mol. The molecule has 0 spiro atoms. The maximum atomic E-state index is 13.0. The molecule has 2 fully saturated rings. The Morgan fingerprint density at radius 3 is 1.35 bits per heavy atom. The lowest BCUT2D eigenvalue weighted by Gasteiger charge is -2.42. The van der Waals surface area contributed by atoms with E-state index in [0.29, 0.717) is 12.8 Å². The second-order valence-corrected chi connectivity index (χ2v) is 19.4. The molecule has 0 aromatic rings. The summed E-state index contributed by atoms with van der Waals surface area (Å²) < 4.78 is 33.6. The summed E-state index contributed by atoms with van der Waals surface area (Å²) in [6.07, 6.45) is 31.3. The summed E-state index contributed by atoms with van der Waals surface area (Å²) >= 11 is 0. The van der Waals surface area contributed by atoms with Crippen molar-refractivity contribution in [2.75, 3.05) is 26.4 Å². The lowest BCUT2D eigenvalue weighted by atomic mass is 9.98. The molecular formula is C56H98O15. The number of ether oxygens (including phenoxy) is 6. The van der Waals surface area contributed by atoms with Crippen molar-refractivity contribution in [1.29, 1.82) is 0 Å². The predicted molar refractivity (Wildman–Crippen MR) is 275 cm³/mol. The van der Waals surface area contributed by atoms with E-state index in [1.54, 1.807) is 0 Å². The zero-order valence-corrected chi connectivity index (χ0v) is 43.7. The zero-order valence-electron chi connectivity index (χ0n) is 43.7. The minimum Gasteiger partial charge on any atom is -0.462 e. The molecule has 2 saturated heterocycles. The molecule has 2 aliphatic rings. The number of carbonyl (C=O) groups is 2. The van der Waals surface area contributed by atoms with Gasteiger partial charge in [-0.25, -0.2) is 0 Å². The van der Waals surface area contributed by atoms with E-state index in [1.807, 2.05) is 0 Å². The van der Waals surface area contributed by atoms with Crippen LogP contribution in [-0.4, -0.2) is 142 Å². The van der Waals surface area contributed by atoms with Gasteiger partial charge in [0.2, 0.25) is 0 Å². The first kappa shape index (κ1) is 64.6. The van der Waals surface area contributed by atoms with Crippen LogP contribution in [0, 0.1) is 0 Å². The topological polar surface area (TPSA) is 231 Å². The molecular weight excluding hydrogens is 913 g/mol. The first-order valence-corrected chi connectivity index (χ1v) is 27.7. The Bertz CT molecular complexity index is 1420. The standard InChI is InChI=1S/C56H98O15/c1-3-5-7-9-11-13-15-17-19-21-22-23-25-26-28-30-32-34-36-38-47(58)66-41-44(69-48(59)39-37-35-33-31-29-27-24-20-18-16-14-12-10-8-6-4-2)42-67-55-54(65)52(63)50(61)46(71-55)43-68-56-53(64)51(62)49(60)45(40-57)70-56/h11,13,17,19,22-23,26,28,44-46,49-57,60-65H,3-10,12,14-16,18,20-21,24-25,27,29-43H2,1-2H3/b13-11+,19-17+,23-22+,28-26+/t44-,45+,46+,49-,50-,51?,52?,53?,54?,55+,56+/m0/s1. The van der Waals surface area contributed by atoms with Crippen molar-refractivity contribution in [2.24, 2.45) is 0 Å². The Labute approximate surface area is 427 Å². The summed E-state index contributed by atoms with van der Waals surface area (Å²) in [4.78, 5) is 25.8. The van der Waals surface area contributed by atoms with E-state index in [9.17, 15) is 45.3 Å². The van der Waals surface area contributed by atoms with Crippen molar-refractivity contribution < 1.29 is 73.8 Å². The fourth-order valence-corrected chi connectivity index (χ4v) is 8.49. The van der Waals surface area contributed by atoms with Gasteiger partial charge in [-0.05, 0) is 57.8 Å². The van der Waals surface area contributed by atoms with Gasteiger partial charge in [0, 0.05) is 12.8 Å². The molecule has 4 unspecified atom stereocenters. The van der Waals surface area contributed by atoms with Gasteiger partial charge < -0.3 is 64.2 Å². The number of hydrogen-bond donors (Lipinski definition) is 7.